The Kier molecular flexibility index (Phi) is 4.88. The van der Waals surface area contributed by atoms with Crippen molar-refractivity contribution >= 4 is 23.6 Å². The third kappa shape index (κ3) is 3.49. The zero-order chi connectivity index (χ0) is 16.1. The second kappa shape index (κ2) is 6.84. The molecule has 7 nitrogen and oxygen atoms in total. The lowest BCUT2D eigenvalue weighted by atomic mass is 9.99. The molecule has 0 radical (unpaired) electrons. The highest BCUT2D eigenvalue weighted by Gasteiger charge is 2.21. The number of hydrogen-bond acceptors (Lipinski definition) is 5. The molecule has 0 saturated carbocycles. The van der Waals surface area contributed by atoms with E-state index in [1.54, 1.807) is 18.2 Å². The number of esters is 1. The Morgan fingerprint density at radius 2 is 2.05 bits per heavy atom. The van der Waals surface area contributed by atoms with Gasteiger partial charge in [-0.2, -0.15) is 0 Å². The molecule has 1 N–H and O–H groups in total. The van der Waals surface area contributed by atoms with Gasteiger partial charge in [-0.05, 0) is 24.5 Å². The summed E-state index contributed by atoms with van der Waals surface area (Å²) in [5.74, 6) is -0.440. The average molecular weight is 304 g/mol. The van der Waals surface area contributed by atoms with Crippen LogP contribution in [-0.4, -0.2) is 37.8 Å². The highest BCUT2D eigenvalue weighted by atomic mass is 16.5. The van der Waals surface area contributed by atoms with Crippen molar-refractivity contribution in [3.8, 4) is 5.75 Å². The fraction of sp³-hybridized carbons (Fsp3) is 0.333. The van der Waals surface area contributed by atoms with Crippen LogP contribution >= 0.6 is 0 Å². The Balaban J connectivity index is 2.21. The molecule has 2 rings (SSSR count). The maximum atomic E-state index is 11.9. The molecule has 1 aliphatic rings. The number of rotatable bonds is 5. The van der Waals surface area contributed by atoms with Crippen LogP contribution in [0.25, 0.3) is 0 Å². The molecule has 7 heteroatoms. The second-order valence-electron chi connectivity index (χ2n) is 4.69. The van der Waals surface area contributed by atoms with E-state index in [9.17, 15) is 14.4 Å². The predicted octanol–water partition coefficient (Wildman–Crippen LogP) is 1.50. The monoisotopic (exact) mass is 304 g/mol. The smallest absolute Gasteiger partial charge is 0.347 e. The van der Waals surface area contributed by atoms with Crippen LogP contribution in [0.5, 0.6) is 5.75 Å². The zero-order valence-corrected chi connectivity index (χ0v) is 12.3. The Labute approximate surface area is 127 Å². The SMILES string of the molecule is COC(=O)c1c(CCC2=NC(=O)NC(=O)C2)cccc1OC. The molecule has 116 valence electrons. The van der Waals surface area contributed by atoms with Crippen LogP contribution in [-0.2, 0) is 16.0 Å². The van der Waals surface area contributed by atoms with Crippen molar-refractivity contribution in [1.82, 2.24) is 5.32 Å². The van der Waals surface area contributed by atoms with Crippen LogP contribution in [0.3, 0.4) is 0 Å². The van der Waals surface area contributed by atoms with E-state index < -0.39 is 12.0 Å². The van der Waals surface area contributed by atoms with Gasteiger partial charge in [0.2, 0.25) is 5.91 Å². The number of hydrogen-bond donors (Lipinski definition) is 1. The quantitative estimate of drug-likeness (QED) is 0.832. The Bertz CT molecular complexity index is 651. The summed E-state index contributed by atoms with van der Waals surface area (Å²) in [6, 6.07) is 4.57. The number of imide groups is 1. The van der Waals surface area contributed by atoms with Crippen LogP contribution in [0.4, 0.5) is 4.79 Å². The van der Waals surface area contributed by atoms with Crippen LogP contribution in [0.2, 0.25) is 0 Å². The molecule has 0 fully saturated rings. The first-order valence-corrected chi connectivity index (χ1v) is 6.69. The summed E-state index contributed by atoms with van der Waals surface area (Å²) in [7, 11) is 2.77. The summed E-state index contributed by atoms with van der Waals surface area (Å²) < 4.78 is 9.96. The molecular formula is C15H16N2O5. The van der Waals surface area contributed by atoms with Gasteiger partial charge in [0.05, 0.1) is 20.6 Å². The highest BCUT2D eigenvalue weighted by molar-refractivity contribution is 6.14. The van der Waals surface area contributed by atoms with Gasteiger partial charge in [-0.15, -0.1) is 0 Å². The Hall–Kier alpha value is -2.70. The largest absolute Gasteiger partial charge is 0.496 e. The minimum atomic E-state index is -0.648. The molecule has 0 aliphatic carbocycles. The van der Waals surface area contributed by atoms with E-state index in [0.717, 1.165) is 0 Å². The second-order valence-corrected chi connectivity index (χ2v) is 4.69. The lowest BCUT2D eigenvalue weighted by Crippen LogP contribution is -2.35. The molecular weight excluding hydrogens is 288 g/mol. The molecule has 0 unspecified atom stereocenters. The van der Waals surface area contributed by atoms with Gasteiger partial charge < -0.3 is 9.47 Å². The lowest BCUT2D eigenvalue weighted by Gasteiger charge is -2.14. The van der Waals surface area contributed by atoms with Gasteiger partial charge in [-0.25, -0.2) is 14.6 Å². The number of nitrogens with one attached hydrogen (secondary N) is 1. The summed E-state index contributed by atoms with van der Waals surface area (Å²) in [4.78, 5) is 38.2. The van der Waals surface area contributed by atoms with E-state index in [0.29, 0.717) is 35.4 Å². The molecule has 1 aromatic carbocycles. The molecule has 0 saturated heterocycles. The van der Waals surface area contributed by atoms with Crippen LogP contribution in [0, 0.1) is 0 Å². The summed E-state index contributed by atoms with van der Waals surface area (Å²) in [5.41, 5.74) is 1.56. The van der Waals surface area contributed by atoms with Crippen LogP contribution in [0.1, 0.15) is 28.8 Å². The number of carbonyl (C=O) groups excluding carboxylic acids is 3. The molecule has 1 aliphatic heterocycles. The summed E-state index contributed by atoms with van der Waals surface area (Å²) in [6.45, 7) is 0. The predicted molar refractivity (Wildman–Crippen MR) is 78.2 cm³/mol. The third-order valence-electron chi connectivity index (χ3n) is 3.28. The molecule has 1 aromatic rings. The highest BCUT2D eigenvalue weighted by Crippen LogP contribution is 2.24. The van der Waals surface area contributed by atoms with Gasteiger partial charge in [-0.1, -0.05) is 12.1 Å². The fourth-order valence-electron chi connectivity index (χ4n) is 2.27. The van der Waals surface area contributed by atoms with Crippen molar-refractivity contribution in [3.63, 3.8) is 0 Å². The fourth-order valence-corrected chi connectivity index (χ4v) is 2.27. The van der Waals surface area contributed by atoms with Crippen LogP contribution in [0.15, 0.2) is 23.2 Å². The maximum Gasteiger partial charge on any atom is 0.347 e. The van der Waals surface area contributed by atoms with E-state index >= 15 is 0 Å². The van der Waals surface area contributed by atoms with Crippen molar-refractivity contribution in [3.05, 3.63) is 29.3 Å². The van der Waals surface area contributed by atoms with E-state index in [2.05, 4.69) is 10.3 Å². The molecule has 22 heavy (non-hydrogen) atoms. The van der Waals surface area contributed by atoms with Crippen molar-refractivity contribution in [2.45, 2.75) is 19.3 Å². The first-order chi connectivity index (χ1) is 10.5. The van der Waals surface area contributed by atoms with Gasteiger partial charge >= 0.3 is 12.0 Å². The van der Waals surface area contributed by atoms with Gasteiger partial charge in [0.1, 0.15) is 11.3 Å². The minimum absolute atomic E-state index is 0.0866. The number of ether oxygens (including phenoxy) is 2. The van der Waals surface area contributed by atoms with Crippen LogP contribution < -0.4 is 10.1 Å². The number of aliphatic imine (C=N–C) groups is 1. The van der Waals surface area contributed by atoms with E-state index in [4.69, 9.17) is 9.47 Å². The topological polar surface area (TPSA) is 94.1 Å². The van der Waals surface area contributed by atoms with E-state index in [1.165, 1.54) is 14.2 Å². The Morgan fingerprint density at radius 1 is 1.27 bits per heavy atom. The summed E-state index contributed by atoms with van der Waals surface area (Å²) in [5, 5.41) is 2.10. The van der Waals surface area contributed by atoms with Crippen molar-refractivity contribution in [2.24, 2.45) is 4.99 Å². The lowest BCUT2D eigenvalue weighted by molar-refractivity contribution is -0.119. The molecule has 3 amide bonds. The third-order valence-corrected chi connectivity index (χ3v) is 3.28. The molecule has 0 aromatic heterocycles. The minimum Gasteiger partial charge on any atom is -0.496 e. The average Bonchev–Trinajstić information content (AvgIpc) is 2.50. The van der Waals surface area contributed by atoms with Gasteiger partial charge in [0, 0.05) is 5.71 Å². The van der Waals surface area contributed by atoms with Crippen molar-refractivity contribution in [1.29, 1.82) is 0 Å². The standard InChI is InChI=1S/C15H16N2O5/c1-21-11-5-3-4-9(13(11)14(19)22-2)6-7-10-8-12(18)17-15(20)16-10/h3-5H,6-8H2,1-2H3,(H,17,18,20). The first kappa shape index (κ1) is 15.7. The molecule has 1 heterocycles. The van der Waals surface area contributed by atoms with E-state index in [-0.39, 0.29) is 12.3 Å². The maximum absolute atomic E-state index is 11.9. The number of aryl methyl sites for hydroxylation is 1. The van der Waals surface area contributed by atoms with E-state index in [1.807, 2.05) is 0 Å². The molecule has 0 atom stereocenters. The number of urea groups is 1. The van der Waals surface area contributed by atoms with Crippen molar-refractivity contribution in [2.75, 3.05) is 14.2 Å². The number of benzene rings is 1. The van der Waals surface area contributed by atoms with Gasteiger partial charge in [0.25, 0.3) is 0 Å². The van der Waals surface area contributed by atoms with Crippen molar-refractivity contribution < 1.29 is 23.9 Å². The summed E-state index contributed by atoms with van der Waals surface area (Å²) in [6.07, 6.45) is 0.931. The Morgan fingerprint density at radius 3 is 2.68 bits per heavy atom. The number of amides is 3. The number of methoxy groups -OCH3 is 2. The number of carbonyl (C=O) groups is 3. The number of nitrogens with zero attached hydrogens (tertiary/aromatic N) is 1. The normalized spacial score (nSPS) is 14.2. The summed E-state index contributed by atoms with van der Waals surface area (Å²) >= 11 is 0. The van der Waals surface area contributed by atoms with Gasteiger partial charge in [-0.3, -0.25) is 10.1 Å². The molecule has 0 spiro atoms. The van der Waals surface area contributed by atoms with Gasteiger partial charge in [0.15, 0.2) is 0 Å². The zero-order valence-electron chi connectivity index (χ0n) is 12.3. The first-order valence-electron chi connectivity index (χ1n) is 6.69. The molecule has 0 bridgehead atoms.